The Kier molecular flexibility index (Phi) is 10.9. The molecule has 0 N–H and O–H groups in total. The van der Waals surface area contributed by atoms with Gasteiger partial charge in [0.2, 0.25) is 0 Å². The highest BCUT2D eigenvalue weighted by atomic mass is 19.1. The van der Waals surface area contributed by atoms with E-state index in [0.717, 1.165) is 0 Å². The Morgan fingerprint density at radius 2 is 0.889 bits per heavy atom. The monoisotopic (exact) mass is 610 g/mol. The molecule has 9 heteroatoms. The van der Waals surface area contributed by atoms with Gasteiger partial charge in [-0.05, 0) is 74.7 Å². The summed E-state index contributed by atoms with van der Waals surface area (Å²) in [5.74, 6) is -3.13. The minimum Gasteiger partial charge on any atom is -0.423 e. The van der Waals surface area contributed by atoms with E-state index in [1.807, 2.05) is 0 Å². The Bertz CT molecular complexity index is 1700. The molecule has 45 heavy (non-hydrogen) atoms. The zero-order chi connectivity index (χ0) is 33.4. The minimum absolute atomic E-state index is 0.0174. The number of carbonyl (C=O) groups is 4. The SMILES string of the molecule is C=C(C)C(=O)Oc1cc(C=Cc2ccc(-c3cc(OC(=O)C(=C)C)cc(OC(=O)C(=C)C)c3)c(F)c2)cc(OC(=O)C(=C)C)c1. The first-order valence-corrected chi connectivity index (χ1v) is 13.4. The second-order valence-electron chi connectivity index (χ2n) is 10.2. The lowest BCUT2D eigenvalue weighted by Gasteiger charge is -2.12. The van der Waals surface area contributed by atoms with Gasteiger partial charge in [-0.15, -0.1) is 0 Å². The van der Waals surface area contributed by atoms with Gasteiger partial charge in [-0.2, -0.15) is 0 Å². The van der Waals surface area contributed by atoms with Crippen molar-refractivity contribution in [1.82, 2.24) is 0 Å². The maximum Gasteiger partial charge on any atom is 0.338 e. The van der Waals surface area contributed by atoms with Crippen LogP contribution in [-0.4, -0.2) is 23.9 Å². The van der Waals surface area contributed by atoms with Crippen LogP contribution in [0.4, 0.5) is 4.39 Å². The molecule has 0 spiro atoms. The van der Waals surface area contributed by atoms with E-state index >= 15 is 4.39 Å². The molecule has 0 saturated carbocycles. The second-order valence-corrected chi connectivity index (χ2v) is 10.2. The van der Waals surface area contributed by atoms with Crippen LogP contribution in [0.5, 0.6) is 23.0 Å². The molecule has 0 aliphatic heterocycles. The van der Waals surface area contributed by atoms with Crippen LogP contribution in [0.3, 0.4) is 0 Å². The highest BCUT2D eigenvalue weighted by Gasteiger charge is 2.15. The number of halogens is 1. The molecule has 230 valence electrons. The van der Waals surface area contributed by atoms with Crippen molar-refractivity contribution in [3.8, 4) is 34.1 Å². The van der Waals surface area contributed by atoms with Crippen molar-refractivity contribution in [3.05, 3.63) is 120 Å². The van der Waals surface area contributed by atoms with Crippen LogP contribution in [0.2, 0.25) is 0 Å². The predicted molar refractivity (Wildman–Crippen MR) is 169 cm³/mol. The van der Waals surface area contributed by atoms with Crippen LogP contribution in [0.25, 0.3) is 23.3 Å². The van der Waals surface area contributed by atoms with E-state index in [4.69, 9.17) is 18.9 Å². The van der Waals surface area contributed by atoms with Gasteiger partial charge in [0.1, 0.15) is 28.8 Å². The van der Waals surface area contributed by atoms with Gasteiger partial charge in [0, 0.05) is 40.0 Å². The van der Waals surface area contributed by atoms with Crippen molar-refractivity contribution in [1.29, 1.82) is 0 Å². The Morgan fingerprint density at radius 1 is 0.533 bits per heavy atom. The third-order valence-electron chi connectivity index (χ3n) is 5.79. The van der Waals surface area contributed by atoms with Gasteiger partial charge in [0.05, 0.1) is 0 Å². The smallest absolute Gasteiger partial charge is 0.338 e. The zero-order valence-corrected chi connectivity index (χ0v) is 25.3. The molecule has 8 nitrogen and oxygen atoms in total. The van der Waals surface area contributed by atoms with E-state index in [1.165, 1.54) is 76.2 Å². The van der Waals surface area contributed by atoms with E-state index in [1.54, 1.807) is 18.2 Å². The topological polar surface area (TPSA) is 105 Å². The summed E-state index contributed by atoms with van der Waals surface area (Å²) in [6.45, 7) is 20.1. The molecule has 0 heterocycles. The Labute approximate surface area is 260 Å². The summed E-state index contributed by atoms with van der Waals surface area (Å²) in [6, 6.07) is 13.0. The fourth-order valence-electron chi connectivity index (χ4n) is 3.49. The van der Waals surface area contributed by atoms with E-state index < -0.39 is 29.7 Å². The van der Waals surface area contributed by atoms with Gasteiger partial charge in [0.15, 0.2) is 0 Å². The van der Waals surface area contributed by atoms with Crippen LogP contribution < -0.4 is 18.9 Å². The van der Waals surface area contributed by atoms with Gasteiger partial charge in [-0.1, -0.05) is 50.6 Å². The minimum atomic E-state index is -0.707. The van der Waals surface area contributed by atoms with Gasteiger partial charge < -0.3 is 18.9 Å². The molecule has 0 atom stereocenters. The summed E-state index contributed by atoms with van der Waals surface area (Å²) in [7, 11) is 0. The molecule has 0 unspecified atom stereocenters. The third-order valence-corrected chi connectivity index (χ3v) is 5.79. The fourth-order valence-corrected chi connectivity index (χ4v) is 3.49. The first-order chi connectivity index (χ1) is 21.1. The maximum absolute atomic E-state index is 15.5. The molecular formula is C36H31FO8. The highest BCUT2D eigenvalue weighted by molar-refractivity contribution is 5.91. The number of rotatable bonds is 11. The van der Waals surface area contributed by atoms with E-state index in [0.29, 0.717) is 11.1 Å². The molecule has 0 radical (unpaired) electrons. The summed E-state index contributed by atoms with van der Waals surface area (Å²) >= 11 is 0. The first kappa shape index (κ1) is 33.7. The average molecular weight is 611 g/mol. The molecule has 0 fully saturated rings. The van der Waals surface area contributed by atoms with Crippen LogP contribution in [0.15, 0.2) is 103 Å². The van der Waals surface area contributed by atoms with Crippen LogP contribution in [0, 0.1) is 5.82 Å². The summed E-state index contributed by atoms with van der Waals surface area (Å²) in [4.78, 5) is 48.4. The number of hydrogen-bond acceptors (Lipinski definition) is 8. The third kappa shape index (κ3) is 9.59. The van der Waals surface area contributed by atoms with Crippen LogP contribution >= 0.6 is 0 Å². The predicted octanol–water partition coefficient (Wildman–Crippen LogP) is 7.59. The van der Waals surface area contributed by atoms with Gasteiger partial charge in [-0.3, -0.25) is 0 Å². The lowest BCUT2D eigenvalue weighted by Crippen LogP contribution is -2.10. The first-order valence-electron chi connectivity index (χ1n) is 13.4. The molecule has 3 aromatic rings. The normalized spacial score (nSPS) is 10.5. The molecule has 0 aliphatic carbocycles. The molecular weight excluding hydrogens is 579 g/mol. The summed E-state index contributed by atoms with van der Waals surface area (Å²) in [6.07, 6.45) is 3.21. The molecule has 0 aromatic heterocycles. The molecule has 0 bridgehead atoms. The van der Waals surface area contributed by atoms with Crippen LogP contribution in [-0.2, 0) is 19.2 Å². The number of hydrogen-bond donors (Lipinski definition) is 0. The maximum atomic E-state index is 15.5. The molecule has 3 rings (SSSR count). The van der Waals surface area contributed by atoms with Crippen molar-refractivity contribution < 1.29 is 42.5 Å². The molecule has 0 aliphatic rings. The summed E-state index contributed by atoms with van der Waals surface area (Å²) in [5.41, 5.74) is 1.98. The van der Waals surface area contributed by atoms with Crippen molar-refractivity contribution in [3.63, 3.8) is 0 Å². The zero-order valence-electron chi connectivity index (χ0n) is 25.3. The second kappa shape index (κ2) is 14.6. The Hall–Kier alpha value is -5.83. The summed E-state index contributed by atoms with van der Waals surface area (Å²) in [5, 5.41) is 0. The average Bonchev–Trinajstić information content (AvgIpc) is 2.95. The van der Waals surface area contributed by atoms with E-state index in [2.05, 4.69) is 26.3 Å². The lowest BCUT2D eigenvalue weighted by atomic mass is 10.0. The highest BCUT2D eigenvalue weighted by Crippen LogP contribution is 2.33. The van der Waals surface area contributed by atoms with Gasteiger partial charge in [0.25, 0.3) is 0 Å². The van der Waals surface area contributed by atoms with Crippen molar-refractivity contribution in [2.24, 2.45) is 0 Å². The Balaban J connectivity index is 1.97. The largest absolute Gasteiger partial charge is 0.423 e. The fraction of sp³-hybridized carbons (Fsp3) is 0.111. The molecule has 3 aromatic carbocycles. The van der Waals surface area contributed by atoms with E-state index in [-0.39, 0.29) is 56.4 Å². The molecule has 0 amide bonds. The number of ether oxygens (including phenoxy) is 4. The van der Waals surface area contributed by atoms with Crippen LogP contribution in [0.1, 0.15) is 38.8 Å². The molecule has 0 saturated heterocycles. The van der Waals surface area contributed by atoms with Crippen molar-refractivity contribution >= 4 is 36.0 Å². The summed E-state index contributed by atoms with van der Waals surface area (Å²) < 4.78 is 36.7. The van der Waals surface area contributed by atoms with Gasteiger partial charge in [-0.25, -0.2) is 23.6 Å². The standard InChI is InChI=1S/C36H31FO8/c1-20(2)33(38)42-27-13-25(14-28(18-27)43-34(39)21(3)4)10-9-24-11-12-31(32(37)15-24)26-16-29(44-35(40)22(5)6)19-30(17-26)45-36(41)23(7)8/h9-19H,1,3,5,7H2,2,4,6,8H3. The van der Waals surface area contributed by atoms with Gasteiger partial charge >= 0.3 is 23.9 Å². The quantitative estimate of drug-likeness (QED) is 0.0947. The lowest BCUT2D eigenvalue weighted by molar-refractivity contribution is -0.131. The Morgan fingerprint density at radius 3 is 1.24 bits per heavy atom. The van der Waals surface area contributed by atoms with E-state index in [9.17, 15) is 19.2 Å². The number of carbonyl (C=O) groups excluding carboxylic acids is 4. The van der Waals surface area contributed by atoms with Crippen molar-refractivity contribution in [2.45, 2.75) is 27.7 Å². The number of benzene rings is 3. The van der Waals surface area contributed by atoms with Crippen molar-refractivity contribution in [2.75, 3.05) is 0 Å². The number of esters is 4.